The molecule has 132 valence electrons. The van der Waals surface area contributed by atoms with Crippen molar-refractivity contribution in [2.24, 2.45) is 0 Å². The van der Waals surface area contributed by atoms with E-state index in [0.29, 0.717) is 11.4 Å². The highest BCUT2D eigenvalue weighted by Crippen LogP contribution is 2.28. The molecule has 8 heteroatoms. The zero-order chi connectivity index (χ0) is 17.5. The highest BCUT2D eigenvalue weighted by molar-refractivity contribution is 6.30. The van der Waals surface area contributed by atoms with E-state index in [1.165, 1.54) is 4.90 Å². The quantitative estimate of drug-likeness (QED) is 0.773. The van der Waals surface area contributed by atoms with Gasteiger partial charge in [-0.15, -0.1) is 23.2 Å². The maximum absolute atomic E-state index is 11.9. The van der Waals surface area contributed by atoms with Crippen LogP contribution in [0.2, 0.25) is 0 Å². The van der Waals surface area contributed by atoms with Crippen LogP contribution in [0.5, 0.6) is 0 Å². The summed E-state index contributed by atoms with van der Waals surface area (Å²) < 4.78 is 5.35. The van der Waals surface area contributed by atoms with Gasteiger partial charge < -0.3 is 15.0 Å². The number of ether oxygens (including phenoxy) is 1. The number of benzene rings is 1. The molecule has 1 heterocycles. The number of nitrogens with zero attached hydrogens (tertiary/aromatic N) is 2. The van der Waals surface area contributed by atoms with E-state index in [4.69, 9.17) is 27.9 Å². The number of rotatable bonds is 6. The number of carbonyl (C=O) groups is 2. The van der Waals surface area contributed by atoms with Crippen LogP contribution < -0.4 is 10.2 Å². The Morgan fingerprint density at radius 3 is 2.58 bits per heavy atom. The molecule has 0 aromatic heterocycles. The van der Waals surface area contributed by atoms with Gasteiger partial charge in [-0.2, -0.15) is 0 Å². The van der Waals surface area contributed by atoms with Crippen molar-refractivity contribution in [1.82, 2.24) is 4.90 Å². The Labute approximate surface area is 151 Å². The van der Waals surface area contributed by atoms with Crippen LogP contribution in [-0.4, -0.2) is 61.8 Å². The third kappa shape index (κ3) is 5.08. The zero-order valence-corrected chi connectivity index (χ0v) is 15.1. The van der Waals surface area contributed by atoms with E-state index in [9.17, 15) is 9.59 Å². The first-order valence-electron chi connectivity index (χ1n) is 7.66. The molecular formula is C16H21Cl2N3O3. The number of alkyl halides is 2. The van der Waals surface area contributed by atoms with Crippen molar-refractivity contribution in [2.45, 2.75) is 6.54 Å². The van der Waals surface area contributed by atoms with E-state index < -0.39 is 0 Å². The summed E-state index contributed by atoms with van der Waals surface area (Å²) in [6, 6.07) is 5.61. The molecule has 0 spiro atoms. The Hall–Kier alpha value is -1.34. The highest BCUT2D eigenvalue weighted by Gasteiger charge is 2.17. The second-order valence-electron chi connectivity index (χ2n) is 5.51. The molecule has 1 N–H and O–H groups in total. The second kappa shape index (κ2) is 9.22. The molecule has 0 saturated carbocycles. The van der Waals surface area contributed by atoms with Crippen molar-refractivity contribution in [3.63, 3.8) is 0 Å². The van der Waals surface area contributed by atoms with Crippen molar-refractivity contribution in [3.8, 4) is 0 Å². The molecule has 2 amide bonds. The van der Waals surface area contributed by atoms with E-state index in [1.54, 1.807) is 13.1 Å². The maximum Gasteiger partial charge on any atom is 0.241 e. The topological polar surface area (TPSA) is 61.9 Å². The van der Waals surface area contributed by atoms with Gasteiger partial charge >= 0.3 is 0 Å². The van der Waals surface area contributed by atoms with Gasteiger partial charge in [-0.3, -0.25) is 14.5 Å². The summed E-state index contributed by atoms with van der Waals surface area (Å²) in [5.74, 6) is -0.859. The highest BCUT2D eigenvalue weighted by atomic mass is 35.5. The van der Waals surface area contributed by atoms with Crippen molar-refractivity contribution in [2.75, 3.05) is 55.3 Å². The standard InChI is InChI=1S/C16H21Cl2N3O3/c1-20(16(23)10-18)14-8-12(11-21-4-6-24-7-5-21)2-3-13(14)19-15(22)9-17/h2-3,8H,4-7,9-11H2,1H3,(H,19,22). The van der Waals surface area contributed by atoms with Gasteiger partial charge in [0, 0.05) is 26.7 Å². The molecule has 2 rings (SSSR count). The summed E-state index contributed by atoms with van der Waals surface area (Å²) in [7, 11) is 1.63. The number of anilines is 2. The van der Waals surface area contributed by atoms with Gasteiger partial charge in [-0.1, -0.05) is 6.07 Å². The average Bonchev–Trinajstić information content (AvgIpc) is 2.62. The average molecular weight is 374 g/mol. The minimum absolute atomic E-state index is 0.132. The predicted molar refractivity (Wildman–Crippen MR) is 96.0 cm³/mol. The minimum atomic E-state index is -0.328. The molecular weight excluding hydrogens is 353 g/mol. The van der Waals surface area contributed by atoms with Crippen LogP contribution in [0.25, 0.3) is 0 Å². The van der Waals surface area contributed by atoms with Gasteiger partial charge in [0.2, 0.25) is 11.8 Å². The van der Waals surface area contributed by atoms with Crippen molar-refractivity contribution in [1.29, 1.82) is 0 Å². The van der Waals surface area contributed by atoms with Gasteiger partial charge in [-0.05, 0) is 17.7 Å². The lowest BCUT2D eigenvalue weighted by Crippen LogP contribution is -2.35. The van der Waals surface area contributed by atoms with E-state index in [0.717, 1.165) is 38.4 Å². The van der Waals surface area contributed by atoms with Crippen LogP contribution >= 0.6 is 23.2 Å². The Morgan fingerprint density at radius 2 is 1.96 bits per heavy atom. The van der Waals surface area contributed by atoms with Crippen LogP contribution in [0.4, 0.5) is 11.4 Å². The Kier molecular flexibility index (Phi) is 7.30. The van der Waals surface area contributed by atoms with Crippen LogP contribution in [-0.2, 0) is 20.9 Å². The van der Waals surface area contributed by atoms with Gasteiger partial charge in [0.05, 0.1) is 24.6 Å². The van der Waals surface area contributed by atoms with E-state index in [-0.39, 0.29) is 23.6 Å². The van der Waals surface area contributed by atoms with Crippen LogP contribution in [0.3, 0.4) is 0 Å². The fraction of sp³-hybridized carbons (Fsp3) is 0.500. The molecule has 0 unspecified atom stereocenters. The summed E-state index contributed by atoms with van der Waals surface area (Å²) in [5.41, 5.74) is 2.18. The molecule has 0 atom stereocenters. The second-order valence-corrected chi connectivity index (χ2v) is 6.04. The fourth-order valence-electron chi connectivity index (χ4n) is 2.48. The molecule has 1 saturated heterocycles. The zero-order valence-electron chi connectivity index (χ0n) is 13.6. The first-order chi connectivity index (χ1) is 11.5. The first-order valence-corrected chi connectivity index (χ1v) is 8.73. The molecule has 1 fully saturated rings. The number of carbonyl (C=O) groups excluding carboxylic acids is 2. The molecule has 1 aliphatic rings. The predicted octanol–water partition coefficient (Wildman–Crippen LogP) is 1.90. The van der Waals surface area contributed by atoms with E-state index >= 15 is 0 Å². The van der Waals surface area contributed by atoms with Crippen LogP contribution in [0.15, 0.2) is 18.2 Å². The van der Waals surface area contributed by atoms with Gasteiger partial charge in [0.1, 0.15) is 11.8 Å². The lowest BCUT2D eigenvalue weighted by atomic mass is 10.1. The van der Waals surface area contributed by atoms with Crippen molar-refractivity contribution < 1.29 is 14.3 Å². The number of nitrogens with one attached hydrogen (secondary N) is 1. The summed E-state index contributed by atoms with van der Waals surface area (Å²) in [6.07, 6.45) is 0. The van der Waals surface area contributed by atoms with E-state index in [1.807, 2.05) is 12.1 Å². The lowest BCUT2D eigenvalue weighted by Gasteiger charge is -2.27. The number of hydrogen-bond donors (Lipinski definition) is 1. The van der Waals surface area contributed by atoms with Crippen molar-refractivity contribution >= 4 is 46.4 Å². The SMILES string of the molecule is CN(C(=O)CCl)c1cc(CN2CCOCC2)ccc1NC(=O)CCl. The molecule has 24 heavy (non-hydrogen) atoms. The molecule has 0 bridgehead atoms. The van der Waals surface area contributed by atoms with E-state index in [2.05, 4.69) is 10.2 Å². The molecule has 1 aromatic carbocycles. The third-order valence-corrected chi connectivity index (χ3v) is 4.29. The summed E-state index contributed by atoms with van der Waals surface area (Å²) in [5, 5.41) is 2.71. The molecule has 0 aliphatic carbocycles. The number of hydrogen-bond acceptors (Lipinski definition) is 4. The van der Waals surface area contributed by atoms with Crippen LogP contribution in [0.1, 0.15) is 5.56 Å². The van der Waals surface area contributed by atoms with Crippen molar-refractivity contribution in [3.05, 3.63) is 23.8 Å². The molecule has 6 nitrogen and oxygen atoms in total. The Bertz CT molecular complexity index is 592. The third-order valence-electron chi connectivity index (χ3n) is 3.82. The maximum atomic E-state index is 11.9. The number of halogens is 2. The molecule has 1 aromatic rings. The smallest absolute Gasteiger partial charge is 0.241 e. The summed E-state index contributed by atoms with van der Waals surface area (Å²) >= 11 is 11.2. The number of morpholine rings is 1. The molecule has 1 aliphatic heterocycles. The monoisotopic (exact) mass is 373 g/mol. The largest absolute Gasteiger partial charge is 0.379 e. The van der Waals surface area contributed by atoms with Crippen LogP contribution in [0, 0.1) is 0 Å². The fourth-order valence-corrected chi connectivity index (χ4v) is 2.73. The minimum Gasteiger partial charge on any atom is -0.379 e. The Morgan fingerprint density at radius 1 is 1.25 bits per heavy atom. The van der Waals surface area contributed by atoms with Gasteiger partial charge in [-0.25, -0.2) is 0 Å². The van der Waals surface area contributed by atoms with Gasteiger partial charge in [0.25, 0.3) is 0 Å². The van der Waals surface area contributed by atoms with Gasteiger partial charge in [0.15, 0.2) is 0 Å². The summed E-state index contributed by atoms with van der Waals surface area (Å²) in [4.78, 5) is 27.3. The first kappa shape index (κ1) is 19.0. The number of amides is 2. The Balaban J connectivity index is 2.24. The lowest BCUT2D eigenvalue weighted by molar-refractivity contribution is -0.116. The summed E-state index contributed by atoms with van der Waals surface area (Å²) in [6.45, 7) is 3.94. The molecule has 0 radical (unpaired) electrons. The normalized spacial score (nSPS) is 15.1.